The third-order valence-electron chi connectivity index (χ3n) is 7.21. The van der Waals surface area contributed by atoms with Gasteiger partial charge in [-0.05, 0) is 29.8 Å². The van der Waals surface area contributed by atoms with E-state index in [0.29, 0.717) is 44.8 Å². The Labute approximate surface area is 213 Å². The molecule has 0 spiro atoms. The molecule has 0 saturated carbocycles. The Hall–Kier alpha value is -3.11. The summed E-state index contributed by atoms with van der Waals surface area (Å²) in [5, 5.41) is 0. The van der Waals surface area contributed by atoms with Crippen molar-refractivity contribution in [2.24, 2.45) is 0 Å². The number of piperazine rings is 1. The van der Waals surface area contributed by atoms with Gasteiger partial charge in [-0.25, -0.2) is 13.2 Å². The standard InChI is InChI=1S/C26H35N5O4S/c1-27(2)22-12-10-21(11-13-22)25(32)28(3)24-19-30(18-23(24)20-8-6-5-7-9-20)26(33)29-14-16-31(17-15-29)36(4,34)35/h5-13,23-24H,14-19H2,1-4H3. The maximum Gasteiger partial charge on any atom is 0.320 e. The van der Waals surface area contributed by atoms with Gasteiger partial charge in [-0.2, -0.15) is 4.31 Å². The second-order valence-corrected chi connectivity index (χ2v) is 11.8. The molecule has 0 radical (unpaired) electrons. The van der Waals surface area contributed by atoms with Crippen LogP contribution in [0.25, 0.3) is 0 Å². The van der Waals surface area contributed by atoms with Crippen LogP contribution in [-0.4, -0.2) is 112 Å². The average molecular weight is 514 g/mol. The number of likely N-dealkylation sites (N-methyl/N-ethyl adjacent to an activating group) is 1. The Bertz CT molecular complexity index is 1180. The Morgan fingerprint density at radius 2 is 1.44 bits per heavy atom. The molecular formula is C26H35N5O4S. The molecule has 194 valence electrons. The van der Waals surface area contributed by atoms with Crippen molar-refractivity contribution in [3.8, 4) is 0 Å². The summed E-state index contributed by atoms with van der Waals surface area (Å²) >= 11 is 0. The molecule has 10 heteroatoms. The van der Waals surface area contributed by atoms with Gasteiger partial charge in [0.25, 0.3) is 5.91 Å². The van der Waals surface area contributed by atoms with Crippen molar-refractivity contribution in [1.82, 2.24) is 19.0 Å². The minimum atomic E-state index is -3.27. The number of sulfonamides is 1. The Morgan fingerprint density at radius 3 is 2.00 bits per heavy atom. The highest BCUT2D eigenvalue weighted by atomic mass is 32.2. The van der Waals surface area contributed by atoms with E-state index in [9.17, 15) is 18.0 Å². The first-order valence-corrected chi connectivity index (χ1v) is 14.0. The topological polar surface area (TPSA) is 84.5 Å². The molecule has 36 heavy (non-hydrogen) atoms. The first-order chi connectivity index (χ1) is 17.1. The van der Waals surface area contributed by atoms with Crippen LogP contribution in [0.15, 0.2) is 54.6 Å². The van der Waals surface area contributed by atoms with Crippen LogP contribution in [0.3, 0.4) is 0 Å². The fourth-order valence-electron chi connectivity index (χ4n) is 5.03. The number of hydrogen-bond acceptors (Lipinski definition) is 5. The van der Waals surface area contributed by atoms with Gasteiger partial charge in [-0.15, -0.1) is 0 Å². The van der Waals surface area contributed by atoms with Gasteiger partial charge >= 0.3 is 6.03 Å². The van der Waals surface area contributed by atoms with E-state index in [1.54, 1.807) is 14.7 Å². The zero-order valence-corrected chi connectivity index (χ0v) is 22.2. The molecule has 0 aromatic heterocycles. The molecule has 2 aromatic rings. The SMILES string of the molecule is CN(C)c1ccc(C(=O)N(C)C2CN(C(=O)N3CCN(S(C)(=O)=O)CC3)CC2c2ccccc2)cc1. The summed E-state index contributed by atoms with van der Waals surface area (Å²) in [6, 6.07) is 17.2. The molecule has 0 bridgehead atoms. The van der Waals surface area contributed by atoms with Crippen LogP contribution in [0.4, 0.5) is 10.5 Å². The average Bonchev–Trinajstić information content (AvgIpc) is 3.33. The lowest BCUT2D eigenvalue weighted by Crippen LogP contribution is -2.53. The Morgan fingerprint density at radius 1 is 0.833 bits per heavy atom. The maximum absolute atomic E-state index is 13.4. The van der Waals surface area contributed by atoms with Gasteiger partial charge < -0.3 is 19.6 Å². The minimum absolute atomic E-state index is 0.0255. The third kappa shape index (κ3) is 5.49. The summed E-state index contributed by atoms with van der Waals surface area (Å²) in [5.41, 5.74) is 2.71. The molecule has 2 saturated heterocycles. The Kier molecular flexibility index (Phi) is 7.56. The van der Waals surface area contributed by atoms with Gasteiger partial charge in [0.05, 0.1) is 12.3 Å². The fraction of sp³-hybridized carbons (Fsp3) is 0.462. The van der Waals surface area contributed by atoms with E-state index in [1.165, 1.54) is 10.6 Å². The lowest BCUT2D eigenvalue weighted by molar-refractivity contribution is 0.0723. The van der Waals surface area contributed by atoms with Gasteiger partial charge in [-0.3, -0.25) is 4.79 Å². The van der Waals surface area contributed by atoms with Crippen LogP contribution in [0.2, 0.25) is 0 Å². The van der Waals surface area contributed by atoms with Crippen molar-refractivity contribution < 1.29 is 18.0 Å². The predicted octanol–water partition coefficient (Wildman–Crippen LogP) is 1.99. The Balaban J connectivity index is 1.52. The number of amides is 3. The van der Waals surface area contributed by atoms with Crippen LogP contribution < -0.4 is 4.90 Å². The zero-order valence-electron chi connectivity index (χ0n) is 21.4. The third-order valence-corrected chi connectivity index (χ3v) is 8.52. The predicted molar refractivity (Wildman–Crippen MR) is 141 cm³/mol. The second-order valence-electron chi connectivity index (χ2n) is 9.78. The van der Waals surface area contributed by atoms with Gasteiger partial charge in [0.1, 0.15) is 0 Å². The smallest absolute Gasteiger partial charge is 0.320 e. The van der Waals surface area contributed by atoms with Gasteiger partial charge in [0, 0.05) is 77.6 Å². The largest absolute Gasteiger partial charge is 0.378 e. The number of hydrogen-bond donors (Lipinski definition) is 0. The molecule has 2 fully saturated rings. The lowest BCUT2D eigenvalue weighted by Gasteiger charge is -2.35. The van der Waals surface area contributed by atoms with E-state index in [2.05, 4.69) is 0 Å². The number of urea groups is 1. The number of likely N-dealkylation sites (tertiary alicyclic amines) is 1. The highest BCUT2D eigenvalue weighted by molar-refractivity contribution is 7.88. The highest BCUT2D eigenvalue weighted by Crippen LogP contribution is 2.32. The molecular weight excluding hydrogens is 478 g/mol. The first-order valence-electron chi connectivity index (χ1n) is 12.1. The van der Waals surface area contributed by atoms with Crippen LogP contribution in [0, 0.1) is 0 Å². The number of anilines is 1. The normalized spacial score (nSPS) is 20.9. The maximum atomic E-state index is 13.4. The molecule has 2 aliphatic heterocycles. The van der Waals surface area contributed by atoms with Crippen molar-refractivity contribution in [3.05, 3.63) is 65.7 Å². The molecule has 2 aliphatic rings. The zero-order chi connectivity index (χ0) is 26.0. The molecule has 2 heterocycles. The van der Waals surface area contributed by atoms with Crippen molar-refractivity contribution in [2.75, 3.05) is 71.6 Å². The summed E-state index contributed by atoms with van der Waals surface area (Å²) in [4.78, 5) is 34.1. The quantitative estimate of drug-likeness (QED) is 0.611. The van der Waals surface area contributed by atoms with Gasteiger partial charge in [0.15, 0.2) is 0 Å². The van der Waals surface area contributed by atoms with Crippen molar-refractivity contribution in [1.29, 1.82) is 0 Å². The van der Waals surface area contributed by atoms with E-state index in [-0.39, 0.29) is 23.9 Å². The monoisotopic (exact) mass is 513 g/mol. The summed E-state index contributed by atoms with van der Waals surface area (Å²) in [5.74, 6) is -0.107. The van der Waals surface area contributed by atoms with E-state index < -0.39 is 10.0 Å². The second kappa shape index (κ2) is 10.5. The number of carbonyl (C=O) groups is 2. The van der Waals surface area contributed by atoms with Gasteiger partial charge in [0.2, 0.25) is 10.0 Å². The molecule has 3 amide bonds. The highest BCUT2D eigenvalue weighted by Gasteiger charge is 2.41. The van der Waals surface area contributed by atoms with Crippen LogP contribution >= 0.6 is 0 Å². The molecule has 0 N–H and O–H groups in total. The number of benzene rings is 2. The van der Waals surface area contributed by atoms with E-state index in [0.717, 1.165) is 11.3 Å². The molecule has 2 unspecified atom stereocenters. The number of carbonyl (C=O) groups excluding carboxylic acids is 2. The van der Waals surface area contributed by atoms with Crippen molar-refractivity contribution in [2.45, 2.75) is 12.0 Å². The summed E-state index contributed by atoms with van der Waals surface area (Å²) in [7, 11) is 2.45. The van der Waals surface area contributed by atoms with Crippen LogP contribution in [0.5, 0.6) is 0 Å². The number of rotatable bonds is 5. The van der Waals surface area contributed by atoms with E-state index in [1.807, 2.05) is 80.6 Å². The van der Waals surface area contributed by atoms with Crippen molar-refractivity contribution >= 4 is 27.6 Å². The summed E-state index contributed by atoms with van der Waals surface area (Å²) < 4.78 is 25.1. The fourth-order valence-corrected chi connectivity index (χ4v) is 5.86. The summed E-state index contributed by atoms with van der Waals surface area (Å²) in [6.07, 6.45) is 1.20. The van der Waals surface area contributed by atoms with Crippen LogP contribution in [-0.2, 0) is 10.0 Å². The number of nitrogens with zero attached hydrogens (tertiary/aromatic N) is 5. The van der Waals surface area contributed by atoms with E-state index in [4.69, 9.17) is 0 Å². The molecule has 4 rings (SSSR count). The molecule has 9 nitrogen and oxygen atoms in total. The molecule has 2 atom stereocenters. The van der Waals surface area contributed by atoms with Gasteiger partial charge in [-0.1, -0.05) is 30.3 Å². The lowest BCUT2D eigenvalue weighted by atomic mass is 9.93. The minimum Gasteiger partial charge on any atom is -0.378 e. The summed E-state index contributed by atoms with van der Waals surface area (Å²) in [6.45, 7) is 2.22. The first kappa shape index (κ1) is 26.0. The van der Waals surface area contributed by atoms with Crippen molar-refractivity contribution in [3.63, 3.8) is 0 Å². The van der Waals surface area contributed by atoms with Crippen LogP contribution in [0.1, 0.15) is 21.8 Å². The molecule has 0 aliphatic carbocycles. The molecule has 2 aromatic carbocycles. The van der Waals surface area contributed by atoms with E-state index >= 15 is 0 Å².